The van der Waals surface area contributed by atoms with Gasteiger partial charge in [-0.2, -0.15) is 0 Å². The third-order valence-corrected chi connectivity index (χ3v) is 1.85. The van der Waals surface area contributed by atoms with E-state index in [-0.39, 0.29) is 5.69 Å². The van der Waals surface area contributed by atoms with Crippen LogP contribution in [0.4, 0.5) is 5.69 Å². The largest absolute Gasteiger partial charge is 0.325 e. The molecule has 0 fully saturated rings. The van der Waals surface area contributed by atoms with E-state index in [0.717, 1.165) is 18.3 Å². The molecule has 7 nitrogen and oxygen atoms in total. The quantitative estimate of drug-likeness (QED) is 0.546. The second-order valence-corrected chi connectivity index (χ2v) is 2.80. The number of anilines is 1. The maximum atomic E-state index is 11.3. The Morgan fingerprint density at radius 3 is 2.13 bits per heavy atom. The molecule has 0 spiro atoms. The topological polar surface area (TPSA) is 103 Å². The first-order valence-electron chi connectivity index (χ1n) is 3.98. The molecule has 0 saturated heterocycles. The van der Waals surface area contributed by atoms with Crippen LogP contribution in [-0.4, -0.2) is 21.8 Å². The Morgan fingerprint density at radius 2 is 1.60 bits per heavy atom. The minimum absolute atomic E-state index is 0.199. The third-order valence-electron chi connectivity index (χ3n) is 1.85. The highest BCUT2D eigenvalue weighted by Gasteiger charge is 2.27. The normalized spacial score (nSPS) is 15.1. The Morgan fingerprint density at radius 1 is 1.00 bits per heavy atom. The number of imide groups is 1. The minimum atomic E-state index is -0.788. The fourth-order valence-electron chi connectivity index (χ4n) is 1.21. The van der Waals surface area contributed by atoms with Gasteiger partial charge in [-0.1, -0.05) is 0 Å². The van der Waals surface area contributed by atoms with Crippen LogP contribution in [0, 0.1) is 0 Å². The molecule has 1 aromatic heterocycles. The van der Waals surface area contributed by atoms with Crippen LogP contribution in [0.15, 0.2) is 27.9 Å². The number of nitrogens with one attached hydrogen (secondary N) is 2. The maximum Gasteiger partial charge on any atom is 0.325 e. The zero-order chi connectivity index (χ0) is 11.0. The fourth-order valence-corrected chi connectivity index (χ4v) is 1.21. The minimum Gasteiger partial charge on any atom is -0.312 e. The molecule has 0 unspecified atom stereocenters. The Hall–Kier alpha value is -2.44. The van der Waals surface area contributed by atoms with Gasteiger partial charge < -0.3 is 4.98 Å². The molecular weight excluding hydrogens is 202 g/mol. The highest BCUT2D eigenvalue weighted by Crippen LogP contribution is 2.11. The summed E-state index contributed by atoms with van der Waals surface area (Å²) in [5.74, 6) is -1.23. The van der Waals surface area contributed by atoms with Gasteiger partial charge in [0.25, 0.3) is 17.4 Å². The number of H-pyrrole nitrogens is 2. The number of rotatable bonds is 1. The van der Waals surface area contributed by atoms with E-state index < -0.39 is 23.1 Å². The van der Waals surface area contributed by atoms with Crippen LogP contribution in [0.3, 0.4) is 0 Å². The zero-order valence-corrected chi connectivity index (χ0v) is 7.31. The van der Waals surface area contributed by atoms with Crippen LogP contribution in [0.2, 0.25) is 0 Å². The van der Waals surface area contributed by atoms with E-state index in [4.69, 9.17) is 0 Å². The molecule has 0 aromatic carbocycles. The average molecular weight is 207 g/mol. The van der Waals surface area contributed by atoms with Gasteiger partial charge >= 0.3 is 5.69 Å². The summed E-state index contributed by atoms with van der Waals surface area (Å²) in [6, 6.07) is 0. The van der Waals surface area contributed by atoms with Crippen molar-refractivity contribution >= 4 is 17.5 Å². The van der Waals surface area contributed by atoms with E-state index in [1.807, 2.05) is 4.98 Å². The average Bonchev–Trinajstić information content (AvgIpc) is 2.48. The molecule has 0 saturated carbocycles. The van der Waals surface area contributed by atoms with Crippen molar-refractivity contribution in [2.75, 3.05) is 4.90 Å². The molecule has 2 amide bonds. The van der Waals surface area contributed by atoms with Gasteiger partial charge in [0.05, 0.1) is 0 Å². The first-order chi connectivity index (χ1) is 7.09. The monoisotopic (exact) mass is 207 g/mol. The number of aromatic amines is 2. The van der Waals surface area contributed by atoms with Crippen LogP contribution in [0.1, 0.15) is 0 Å². The molecule has 0 bridgehead atoms. The van der Waals surface area contributed by atoms with Crippen LogP contribution in [0.25, 0.3) is 0 Å². The van der Waals surface area contributed by atoms with Gasteiger partial charge in [0.15, 0.2) is 0 Å². The number of hydrogen-bond donors (Lipinski definition) is 2. The number of carbonyl (C=O) groups excluding carboxylic acids is 2. The van der Waals surface area contributed by atoms with Gasteiger partial charge in [0.1, 0.15) is 5.69 Å². The Labute approximate surface area is 82.0 Å². The van der Waals surface area contributed by atoms with Crippen molar-refractivity contribution in [3.63, 3.8) is 0 Å². The lowest BCUT2D eigenvalue weighted by molar-refractivity contribution is -0.120. The number of carbonyl (C=O) groups is 2. The van der Waals surface area contributed by atoms with E-state index in [2.05, 4.69) is 4.98 Å². The lowest BCUT2D eigenvalue weighted by Gasteiger charge is -2.10. The fraction of sp³-hybridized carbons (Fsp3) is 0. The van der Waals surface area contributed by atoms with Crippen LogP contribution in [-0.2, 0) is 9.59 Å². The molecule has 0 aliphatic carbocycles. The summed E-state index contributed by atoms with van der Waals surface area (Å²) in [4.78, 5) is 49.1. The smallest absolute Gasteiger partial charge is 0.312 e. The van der Waals surface area contributed by atoms with Crippen molar-refractivity contribution in [3.05, 3.63) is 39.2 Å². The highest BCUT2D eigenvalue weighted by atomic mass is 16.2. The second-order valence-electron chi connectivity index (χ2n) is 2.80. The van der Waals surface area contributed by atoms with Gasteiger partial charge in [0.2, 0.25) is 0 Å². The van der Waals surface area contributed by atoms with Crippen molar-refractivity contribution in [1.29, 1.82) is 0 Å². The molecule has 1 aliphatic heterocycles. The number of nitrogens with zero attached hydrogens (tertiary/aromatic N) is 1. The van der Waals surface area contributed by atoms with Gasteiger partial charge in [0, 0.05) is 18.3 Å². The first kappa shape index (κ1) is 9.13. The predicted octanol–water partition coefficient (Wildman–Crippen LogP) is -1.51. The van der Waals surface area contributed by atoms with Crippen LogP contribution < -0.4 is 16.1 Å². The first-order valence-corrected chi connectivity index (χ1v) is 3.98. The number of aromatic nitrogens is 2. The molecule has 2 heterocycles. The van der Waals surface area contributed by atoms with E-state index >= 15 is 0 Å². The van der Waals surface area contributed by atoms with Gasteiger partial charge in [-0.15, -0.1) is 0 Å². The lowest BCUT2D eigenvalue weighted by atomic mass is 10.4. The maximum absolute atomic E-state index is 11.3. The summed E-state index contributed by atoms with van der Waals surface area (Å²) in [6.45, 7) is 0. The lowest BCUT2D eigenvalue weighted by Crippen LogP contribution is -2.36. The van der Waals surface area contributed by atoms with Crippen molar-refractivity contribution in [2.45, 2.75) is 0 Å². The summed E-state index contributed by atoms with van der Waals surface area (Å²) in [6.07, 6.45) is 3.11. The second kappa shape index (κ2) is 3.05. The van der Waals surface area contributed by atoms with Crippen molar-refractivity contribution in [1.82, 2.24) is 9.97 Å². The van der Waals surface area contributed by atoms with Gasteiger partial charge in [-0.25, -0.2) is 9.69 Å². The molecule has 0 radical (unpaired) electrons. The summed E-state index contributed by atoms with van der Waals surface area (Å²) < 4.78 is 0. The van der Waals surface area contributed by atoms with E-state index in [1.165, 1.54) is 0 Å². The molecule has 7 heteroatoms. The standard InChI is InChI=1S/C8H5N3O4/c12-5-1-2-6(13)11(5)4-3-9-8(15)10-7(4)14/h1-3H,(H2,9,10,14,15). The number of amides is 2. The Kier molecular flexibility index (Phi) is 1.86. The molecule has 2 rings (SSSR count). The molecule has 1 aromatic rings. The van der Waals surface area contributed by atoms with Crippen molar-refractivity contribution < 1.29 is 9.59 Å². The molecule has 0 atom stereocenters. The molecule has 76 valence electrons. The van der Waals surface area contributed by atoms with Crippen molar-refractivity contribution in [3.8, 4) is 0 Å². The van der Waals surface area contributed by atoms with Crippen molar-refractivity contribution in [2.24, 2.45) is 0 Å². The predicted molar refractivity (Wildman–Crippen MR) is 49.3 cm³/mol. The van der Waals surface area contributed by atoms with E-state index in [1.54, 1.807) is 0 Å². The SMILES string of the molecule is O=C1C=CC(=O)N1c1c[nH]c(=O)[nH]c1=O. The van der Waals surface area contributed by atoms with Crippen LogP contribution in [0.5, 0.6) is 0 Å². The summed E-state index contributed by atoms with van der Waals surface area (Å²) in [7, 11) is 0. The van der Waals surface area contributed by atoms with E-state index in [0.29, 0.717) is 4.90 Å². The Balaban J connectivity index is 2.56. The molecular formula is C8H5N3O4. The summed E-state index contributed by atoms with van der Waals surface area (Å²) >= 11 is 0. The third kappa shape index (κ3) is 1.39. The highest BCUT2D eigenvalue weighted by molar-refractivity contribution is 6.27. The van der Waals surface area contributed by atoms with Gasteiger partial charge in [-0.3, -0.25) is 19.4 Å². The van der Waals surface area contributed by atoms with E-state index in [9.17, 15) is 19.2 Å². The number of hydrogen-bond acceptors (Lipinski definition) is 4. The van der Waals surface area contributed by atoms with Crippen LogP contribution >= 0.6 is 0 Å². The zero-order valence-electron chi connectivity index (χ0n) is 7.31. The Bertz CT molecular complexity index is 562. The molecule has 15 heavy (non-hydrogen) atoms. The summed E-state index contributed by atoms with van der Waals surface area (Å²) in [5, 5.41) is 0. The molecule has 2 N–H and O–H groups in total. The summed E-state index contributed by atoms with van der Waals surface area (Å²) in [5.41, 5.74) is -1.69. The van der Waals surface area contributed by atoms with Gasteiger partial charge in [-0.05, 0) is 0 Å². The molecule has 1 aliphatic rings.